The topological polar surface area (TPSA) is 35.5 Å². The van der Waals surface area contributed by atoms with E-state index in [1.54, 1.807) is 13.2 Å². The lowest BCUT2D eigenvalue weighted by Crippen LogP contribution is -2.44. The van der Waals surface area contributed by atoms with Crippen molar-refractivity contribution in [3.8, 4) is 11.5 Å². The molecule has 2 aromatic rings. The Balaban J connectivity index is 2.25. The number of benzene rings is 2. The summed E-state index contributed by atoms with van der Waals surface area (Å²) in [4.78, 5) is 13.0. The second-order valence-electron chi connectivity index (χ2n) is 6.41. The highest BCUT2D eigenvalue weighted by Gasteiger charge is 2.47. The third-order valence-electron chi connectivity index (χ3n) is 4.69. The molecule has 24 heavy (non-hydrogen) atoms. The predicted molar refractivity (Wildman–Crippen MR) is 94.7 cm³/mol. The summed E-state index contributed by atoms with van der Waals surface area (Å²) in [5.41, 5.74) is 3.26. The number of carbonyl (C=O) groups excluding carboxylic acids is 1. The van der Waals surface area contributed by atoms with Crippen molar-refractivity contribution in [3.05, 3.63) is 71.3 Å². The lowest BCUT2D eigenvalue weighted by molar-refractivity contribution is -0.142. The number of fused-ring (bicyclic) bond motifs is 1. The van der Waals surface area contributed by atoms with Crippen molar-refractivity contribution in [3.63, 3.8) is 0 Å². The summed E-state index contributed by atoms with van der Waals surface area (Å²) in [6.45, 7) is 7.91. The van der Waals surface area contributed by atoms with Gasteiger partial charge in [0.2, 0.25) is 0 Å². The molecule has 0 fully saturated rings. The summed E-state index contributed by atoms with van der Waals surface area (Å²) in [6.07, 6.45) is 2.86. The van der Waals surface area contributed by atoms with E-state index in [1.807, 2.05) is 44.2 Å². The largest absolute Gasteiger partial charge is 0.496 e. The fourth-order valence-electron chi connectivity index (χ4n) is 3.74. The number of esters is 1. The molecule has 1 heterocycles. The molecule has 1 atom stereocenters. The molecule has 0 bridgehead atoms. The summed E-state index contributed by atoms with van der Waals surface area (Å²) in [6, 6.07) is 11.7. The van der Waals surface area contributed by atoms with Gasteiger partial charge < -0.3 is 9.47 Å². The van der Waals surface area contributed by atoms with Gasteiger partial charge in [0.25, 0.3) is 0 Å². The zero-order chi connectivity index (χ0) is 17.3. The number of hydrogen-bond donors (Lipinski definition) is 0. The van der Waals surface area contributed by atoms with E-state index in [-0.39, 0.29) is 5.97 Å². The Hall–Kier alpha value is -2.55. The summed E-state index contributed by atoms with van der Waals surface area (Å²) < 4.78 is 11.3. The molecule has 0 unspecified atom stereocenters. The molecule has 0 aromatic heterocycles. The maximum absolute atomic E-state index is 13.0. The van der Waals surface area contributed by atoms with Crippen LogP contribution in [-0.2, 0) is 16.6 Å². The second kappa shape index (κ2) is 6.16. The molecule has 3 rings (SSSR count). The van der Waals surface area contributed by atoms with Gasteiger partial charge in [-0.2, -0.15) is 0 Å². The molecule has 1 aliphatic rings. The number of methoxy groups -OCH3 is 1. The van der Waals surface area contributed by atoms with Crippen molar-refractivity contribution in [1.29, 1.82) is 0 Å². The molecule has 0 radical (unpaired) electrons. The molecule has 0 saturated heterocycles. The van der Waals surface area contributed by atoms with Gasteiger partial charge in [-0.05, 0) is 55.5 Å². The fourth-order valence-corrected chi connectivity index (χ4v) is 3.74. The van der Waals surface area contributed by atoms with Gasteiger partial charge in [-0.15, -0.1) is 6.58 Å². The van der Waals surface area contributed by atoms with E-state index in [0.29, 0.717) is 18.6 Å². The molecule has 0 N–H and O–H groups in total. The van der Waals surface area contributed by atoms with Gasteiger partial charge in [-0.1, -0.05) is 30.3 Å². The molecular weight excluding hydrogens is 300 g/mol. The SMILES string of the molecule is C=CC[C@]1(c2c(C)cc(C)cc2OC)Cc2ccccc2OC1=O. The lowest BCUT2D eigenvalue weighted by Gasteiger charge is -2.37. The molecule has 1 aliphatic heterocycles. The Labute approximate surface area is 142 Å². The summed E-state index contributed by atoms with van der Waals surface area (Å²) >= 11 is 0. The number of ether oxygens (including phenoxy) is 2. The van der Waals surface area contributed by atoms with Crippen LogP contribution in [-0.4, -0.2) is 13.1 Å². The maximum atomic E-state index is 13.0. The Morgan fingerprint density at radius 2 is 2.04 bits per heavy atom. The van der Waals surface area contributed by atoms with Crippen molar-refractivity contribution >= 4 is 5.97 Å². The van der Waals surface area contributed by atoms with Crippen LogP contribution >= 0.6 is 0 Å². The van der Waals surface area contributed by atoms with Crippen LogP contribution in [0.1, 0.15) is 28.7 Å². The number of aryl methyl sites for hydroxylation is 2. The maximum Gasteiger partial charge on any atom is 0.322 e. The smallest absolute Gasteiger partial charge is 0.322 e. The molecular formula is C21H22O3. The Morgan fingerprint density at radius 3 is 2.75 bits per heavy atom. The van der Waals surface area contributed by atoms with E-state index in [1.165, 1.54) is 0 Å². The van der Waals surface area contributed by atoms with Crippen LogP contribution in [0.4, 0.5) is 0 Å². The zero-order valence-corrected chi connectivity index (χ0v) is 14.4. The van der Waals surface area contributed by atoms with E-state index in [0.717, 1.165) is 28.0 Å². The van der Waals surface area contributed by atoms with Gasteiger partial charge in [0.15, 0.2) is 0 Å². The van der Waals surface area contributed by atoms with Crippen molar-refractivity contribution < 1.29 is 14.3 Å². The molecule has 2 aromatic carbocycles. The van der Waals surface area contributed by atoms with E-state index >= 15 is 0 Å². The van der Waals surface area contributed by atoms with Gasteiger partial charge in [0.05, 0.1) is 7.11 Å². The average molecular weight is 322 g/mol. The Morgan fingerprint density at radius 1 is 1.29 bits per heavy atom. The van der Waals surface area contributed by atoms with E-state index in [9.17, 15) is 4.79 Å². The van der Waals surface area contributed by atoms with Gasteiger partial charge >= 0.3 is 5.97 Å². The van der Waals surface area contributed by atoms with Gasteiger partial charge in [-0.3, -0.25) is 4.79 Å². The van der Waals surface area contributed by atoms with Crippen molar-refractivity contribution in [2.45, 2.75) is 32.1 Å². The first-order valence-electron chi connectivity index (χ1n) is 8.08. The first-order chi connectivity index (χ1) is 11.5. The standard InChI is InChI=1S/C21H22O3/c1-5-10-21(19-15(3)11-14(2)12-18(19)23-4)13-16-8-6-7-9-17(16)24-20(21)22/h5-9,11-12H,1,10,13H2,2-4H3/t21-/m1/s1. The molecule has 3 heteroatoms. The number of carbonyl (C=O) groups is 1. The van der Waals surface area contributed by atoms with Crippen LogP contribution in [0.25, 0.3) is 0 Å². The minimum Gasteiger partial charge on any atom is -0.496 e. The minimum atomic E-state index is -0.806. The first kappa shape index (κ1) is 16.3. The van der Waals surface area contributed by atoms with Gasteiger partial charge in [0.1, 0.15) is 16.9 Å². The highest BCUT2D eigenvalue weighted by Crippen LogP contribution is 2.45. The van der Waals surface area contributed by atoms with Crippen molar-refractivity contribution in [1.82, 2.24) is 0 Å². The summed E-state index contributed by atoms with van der Waals surface area (Å²) in [7, 11) is 1.64. The minimum absolute atomic E-state index is 0.244. The highest BCUT2D eigenvalue weighted by atomic mass is 16.5. The van der Waals surface area contributed by atoms with Gasteiger partial charge in [-0.25, -0.2) is 0 Å². The molecule has 3 nitrogen and oxygen atoms in total. The number of hydrogen-bond acceptors (Lipinski definition) is 3. The average Bonchev–Trinajstić information content (AvgIpc) is 2.55. The fraction of sp³-hybridized carbons (Fsp3) is 0.286. The number of rotatable bonds is 4. The zero-order valence-electron chi connectivity index (χ0n) is 14.4. The van der Waals surface area contributed by atoms with E-state index < -0.39 is 5.41 Å². The third-order valence-corrected chi connectivity index (χ3v) is 4.69. The molecule has 0 saturated carbocycles. The first-order valence-corrected chi connectivity index (χ1v) is 8.08. The molecule has 0 spiro atoms. The normalized spacial score (nSPS) is 19.4. The van der Waals surface area contributed by atoms with Crippen LogP contribution in [0.5, 0.6) is 11.5 Å². The van der Waals surface area contributed by atoms with Crippen LogP contribution in [0.15, 0.2) is 49.1 Å². The predicted octanol–water partition coefficient (Wildman–Crippen LogP) is 4.29. The number of allylic oxidation sites excluding steroid dienone is 1. The number of para-hydroxylation sites is 1. The van der Waals surface area contributed by atoms with E-state index in [2.05, 4.69) is 12.6 Å². The summed E-state index contributed by atoms with van der Waals surface area (Å²) in [5, 5.41) is 0. The van der Waals surface area contributed by atoms with Crippen LogP contribution in [0.3, 0.4) is 0 Å². The van der Waals surface area contributed by atoms with Gasteiger partial charge in [0, 0.05) is 5.56 Å². The quantitative estimate of drug-likeness (QED) is 0.478. The third kappa shape index (κ3) is 2.50. The van der Waals surface area contributed by atoms with E-state index in [4.69, 9.17) is 9.47 Å². The molecule has 124 valence electrons. The second-order valence-corrected chi connectivity index (χ2v) is 6.41. The lowest BCUT2D eigenvalue weighted by atomic mass is 9.69. The summed E-state index contributed by atoms with van der Waals surface area (Å²) in [5.74, 6) is 1.13. The Kier molecular flexibility index (Phi) is 4.18. The monoisotopic (exact) mass is 322 g/mol. The molecule has 0 amide bonds. The van der Waals surface area contributed by atoms with Crippen LogP contribution in [0.2, 0.25) is 0 Å². The molecule has 0 aliphatic carbocycles. The van der Waals surface area contributed by atoms with Crippen LogP contribution < -0.4 is 9.47 Å². The highest BCUT2D eigenvalue weighted by molar-refractivity contribution is 5.89. The van der Waals surface area contributed by atoms with Crippen LogP contribution in [0, 0.1) is 13.8 Å². The van der Waals surface area contributed by atoms with Crippen molar-refractivity contribution in [2.24, 2.45) is 0 Å². The Bertz CT molecular complexity index is 807. The van der Waals surface area contributed by atoms with Crippen molar-refractivity contribution in [2.75, 3.05) is 7.11 Å².